The number of thioether (sulfide) groups is 1. The van der Waals surface area contributed by atoms with Crippen molar-refractivity contribution in [2.45, 2.75) is 19.9 Å². The number of aliphatic hydroxyl groups is 1. The second-order valence-electron chi connectivity index (χ2n) is 4.29. The highest BCUT2D eigenvalue weighted by Gasteiger charge is 2.09. The third kappa shape index (κ3) is 4.16. The van der Waals surface area contributed by atoms with Gasteiger partial charge in [0.2, 0.25) is 0 Å². The highest BCUT2D eigenvalue weighted by molar-refractivity contribution is 7.99. The van der Waals surface area contributed by atoms with Gasteiger partial charge in [-0.15, -0.1) is 0 Å². The quantitative estimate of drug-likeness (QED) is 0.801. The maximum Gasteiger partial charge on any atom is 0.0464 e. The molecule has 3 N–H and O–H groups in total. The van der Waals surface area contributed by atoms with Crippen molar-refractivity contribution in [3.05, 3.63) is 35.4 Å². The molecule has 1 rings (SSSR count). The van der Waals surface area contributed by atoms with Crippen molar-refractivity contribution in [1.29, 1.82) is 0 Å². The minimum Gasteiger partial charge on any atom is -0.396 e. The third-order valence-electron chi connectivity index (χ3n) is 2.60. The van der Waals surface area contributed by atoms with E-state index < -0.39 is 0 Å². The molecule has 0 heterocycles. The minimum atomic E-state index is 0.0945. The van der Waals surface area contributed by atoms with E-state index in [-0.39, 0.29) is 12.6 Å². The number of nitrogens with two attached hydrogens (primary N) is 1. The summed E-state index contributed by atoms with van der Waals surface area (Å²) in [5.74, 6) is 2.24. The van der Waals surface area contributed by atoms with E-state index in [0.29, 0.717) is 5.92 Å². The molecule has 0 aromatic heterocycles. The van der Waals surface area contributed by atoms with Gasteiger partial charge in [-0.2, -0.15) is 11.8 Å². The molecule has 0 aliphatic rings. The highest BCUT2D eigenvalue weighted by Crippen LogP contribution is 2.20. The molecule has 2 nitrogen and oxygen atoms in total. The zero-order valence-electron chi connectivity index (χ0n) is 10.0. The van der Waals surface area contributed by atoms with Gasteiger partial charge in [0, 0.05) is 18.4 Å². The molecule has 16 heavy (non-hydrogen) atoms. The van der Waals surface area contributed by atoms with Crippen LogP contribution in [0.2, 0.25) is 0 Å². The van der Waals surface area contributed by atoms with Crippen molar-refractivity contribution in [3.8, 4) is 0 Å². The Hall–Kier alpha value is -0.510. The Balaban J connectivity index is 2.41. The van der Waals surface area contributed by atoms with Gasteiger partial charge in [-0.05, 0) is 29.7 Å². The van der Waals surface area contributed by atoms with Gasteiger partial charge in [0.25, 0.3) is 0 Å². The summed E-state index contributed by atoms with van der Waals surface area (Å²) in [4.78, 5) is 0. The lowest BCUT2D eigenvalue weighted by Gasteiger charge is -2.15. The summed E-state index contributed by atoms with van der Waals surface area (Å²) in [5.41, 5.74) is 8.62. The second-order valence-corrected chi connectivity index (χ2v) is 5.36. The fourth-order valence-corrected chi connectivity index (χ4v) is 2.62. The summed E-state index contributed by atoms with van der Waals surface area (Å²) in [6, 6.07) is 8.35. The number of hydrogen-bond donors (Lipinski definition) is 2. The SMILES string of the molecule is Cc1ccccc1C(N)CSCC(C)CO. The van der Waals surface area contributed by atoms with Crippen LogP contribution in [0.3, 0.4) is 0 Å². The lowest BCUT2D eigenvalue weighted by Crippen LogP contribution is -2.15. The van der Waals surface area contributed by atoms with Gasteiger partial charge in [-0.3, -0.25) is 0 Å². The van der Waals surface area contributed by atoms with Crippen molar-refractivity contribution >= 4 is 11.8 Å². The van der Waals surface area contributed by atoms with E-state index >= 15 is 0 Å². The van der Waals surface area contributed by atoms with Gasteiger partial charge < -0.3 is 10.8 Å². The van der Waals surface area contributed by atoms with Crippen LogP contribution in [-0.2, 0) is 0 Å². The van der Waals surface area contributed by atoms with Gasteiger partial charge in [0.15, 0.2) is 0 Å². The summed E-state index contributed by atoms with van der Waals surface area (Å²) >= 11 is 1.81. The zero-order chi connectivity index (χ0) is 12.0. The van der Waals surface area contributed by atoms with Crippen LogP contribution in [0.1, 0.15) is 24.1 Å². The molecule has 0 aliphatic heterocycles. The largest absolute Gasteiger partial charge is 0.396 e. The molecular formula is C13H21NOS. The molecule has 2 unspecified atom stereocenters. The van der Waals surface area contributed by atoms with Gasteiger partial charge in [-0.25, -0.2) is 0 Å². The van der Waals surface area contributed by atoms with Crippen LogP contribution in [0.25, 0.3) is 0 Å². The van der Waals surface area contributed by atoms with Crippen molar-refractivity contribution in [1.82, 2.24) is 0 Å². The Morgan fingerprint density at radius 3 is 2.62 bits per heavy atom. The Kier molecular flexibility index (Phi) is 5.88. The first-order valence-electron chi connectivity index (χ1n) is 5.65. The molecule has 0 fully saturated rings. The van der Waals surface area contributed by atoms with Crippen LogP contribution in [0.5, 0.6) is 0 Å². The normalized spacial score (nSPS) is 14.8. The molecular weight excluding hydrogens is 218 g/mol. The van der Waals surface area contributed by atoms with E-state index in [1.165, 1.54) is 11.1 Å². The van der Waals surface area contributed by atoms with Crippen LogP contribution in [-0.4, -0.2) is 23.2 Å². The molecule has 90 valence electrons. The van der Waals surface area contributed by atoms with E-state index in [1.54, 1.807) is 0 Å². The van der Waals surface area contributed by atoms with Crippen molar-refractivity contribution in [2.24, 2.45) is 11.7 Å². The smallest absolute Gasteiger partial charge is 0.0464 e. The van der Waals surface area contributed by atoms with Crippen LogP contribution >= 0.6 is 11.8 Å². The first-order valence-corrected chi connectivity index (χ1v) is 6.80. The molecule has 1 aromatic carbocycles. The molecule has 0 saturated carbocycles. The average molecular weight is 239 g/mol. The number of benzene rings is 1. The first-order chi connectivity index (χ1) is 7.65. The van der Waals surface area contributed by atoms with E-state index in [0.717, 1.165) is 11.5 Å². The van der Waals surface area contributed by atoms with Crippen LogP contribution < -0.4 is 5.73 Å². The summed E-state index contributed by atoms with van der Waals surface area (Å²) in [6.45, 7) is 4.40. The van der Waals surface area contributed by atoms with Gasteiger partial charge in [0.05, 0.1) is 0 Å². The molecule has 0 saturated heterocycles. The van der Waals surface area contributed by atoms with Crippen molar-refractivity contribution < 1.29 is 5.11 Å². The molecule has 1 aromatic rings. The maximum absolute atomic E-state index is 8.92. The first kappa shape index (κ1) is 13.6. The highest BCUT2D eigenvalue weighted by atomic mass is 32.2. The van der Waals surface area contributed by atoms with Crippen LogP contribution in [0.15, 0.2) is 24.3 Å². The van der Waals surface area contributed by atoms with Crippen LogP contribution in [0, 0.1) is 12.8 Å². The fraction of sp³-hybridized carbons (Fsp3) is 0.538. The topological polar surface area (TPSA) is 46.2 Å². The number of aryl methyl sites for hydroxylation is 1. The summed E-state index contributed by atoms with van der Waals surface area (Å²) in [5, 5.41) is 8.92. The van der Waals surface area contributed by atoms with E-state index in [1.807, 2.05) is 30.8 Å². The summed E-state index contributed by atoms with van der Waals surface area (Å²) < 4.78 is 0. The van der Waals surface area contributed by atoms with Crippen molar-refractivity contribution in [3.63, 3.8) is 0 Å². The standard InChI is InChI=1S/C13H21NOS/c1-10(7-15)8-16-9-13(14)12-6-4-3-5-11(12)2/h3-6,10,13,15H,7-9,14H2,1-2H3. The number of aliphatic hydroxyl groups excluding tert-OH is 1. The van der Waals surface area contributed by atoms with E-state index in [2.05, 4.69) is 19.1 Å². The maximum atomic E-state index is 8.92. The molecule has 0 bridgehead atoms. The molecule has 0 radical (unpaired) electrons. The summed E-state index contributed by atoms with van der Waals surface area (Å²) in [7, 11) is 0. The van der Waals surface area contributed by atoms with Gasteiger partial charge >= 0.3 is 0 Å². The Morgan fingerprint density at radius 1 is 1.31 bits per heavy atom. The molecule has 0 amide bonds. The van der Waals surface area contributed by atoms with Crippen LogP contribution in [0.4, 0.5) is 0 Å². The molecule has 2 atom stereocenters. The minimum absolute atomic E-state index is 0.0945. The Labute approximate surface area is 102 Å². The number of rotatable bonds is 6. The Morgan fingerprint density at radius 2 is 2.00 bits per heavy atom. The predicted molar refractivity (Wildman–Crippen MR) is 71.7 cm³/mol. The third-order valence-corrected chi connectivity index (χ3v) is 4.00. The average Bonchev–Trinajstić information content (AvgIpc) is 2.29. The second kappa shape index (κ2) is 6.94. The summed E-state index contributed by atoms with van der Waals surface area (Å²) in [6.07, 6.45) is 0. The van der Waals surface area contributed by atoms with Crippen molar-refractivity contribution in [2.75, 3.05) is 18.1 Å². The number of hydrogen-bond acceptors (Lipinski definition) is 3. The van der Waals surface area contributed by atoms with E-state index in [4.69, 9.17) is 10.8 Å². The lowest BCUT2D eigenvalue weighted by molar-refractivity contribution is 0.250. The monoisotopic (exact) mass is 239 g/mol. The molecule has 0 spiro atoms. The Bertz CT molecular complexity index is 317. The van der Waals surface area contributed by atoms with Gasteiger partial charge in [0.1, 0.15) is 0 Å². The fourth-order valence-electron chi connectivity index (χ4n) is 1.54. The van der Waals surface area contributed by atoms with Gasteiger partial charge in [-0.1, -0.05) is 31.2 Å². The lowest BCUT2D eigenvalue weighted by atomic mass is 10.0. The molecule has 0 aliphatic carbocycles. The zero-order valence-corrected chi connectivity index (χ0v) is 10.8. The van der Waals surface area contributed by atoms with E-state index in [9.17, 15) is 0 Å². The molecule has 3 heteroatoms. The predicted octanol–water partition coefficient (Wildman–Crippen LogP) is 2.36.